The third kappa shape index (κ3) is 1.64. The molecule has 1 aliphatic rings. The minimum Gasteiger partial charge on any atom is -0.472 e. The average Bonchev–Trinajstić information content (AvgIpc) is 2.52. The van der Waals surface area contributed by atoms with Crippen molar-refractivity contribution in [3.8, 4) is 11.8 Å². The molecule has 0 fully saturated rings. The second-order valence-corrected chi connectivity index (χ2v) is 2.99. The summed E-state index contributed by atoms with van der Waals surface area (Å²) in [6, 6.07) is 4.17. The summed E-state index contributed by atoms with van der Waals surface area (Å²) in [5.41, 5.74) is 0.626. The van der Waals surface area contributed by atoms with Gasteiger partial charge in [0.05, 0.1) is 11.1 Å². The second kappa shape index (κ2) is 3.51. The Morgan fingerprint density at radius 2 is 1.88 bits per heavy atom. The average molecular weight is 216 g/mol. The Morgan fingerprint density at radius 1 is 1.19 bits per heavy atom. The van der Waals surface area contributed by atoms with Crippen LogP contribution in [0.25, 0.3) is 0 Å². The van der Waals surface area contributed by atoms with E-state index >= 15 is 0 Å². The molecule has 0 unspecified atom stereocenters. The van der Waals surface area contributed by atoms with Gasteiger partial charge in [-0.2, -0.15) is 0 Å². The monoisotopic (exact) mass is 216 g/mol. The summed E-state index contributed by atoms with van der Waals surface area (Å²) in [5.74, 6) is 1.55. The van der Waals surface area contributed by atoms with Crippen LogP contribution in [0.3, 0.4) is 0 Å². The third-order valence-electron chi connectivity index (χ3n) is 1.96. The van der Waals surface area contributed by atoms with Gasteiger partial charge in [0.1, 0.15) is 0 Å². The fraction of sp³-hybridized carbons (Fsp3) is 0. The van der Waals surface area contributed by atoms with E-state index in [1.165, 1.54) is 18.2 Å². The second-order valence-electron chi connectivity index (χ2n) is 2.99. The molecule has 1 aliphatic heterocycles. The first-order chi connectivity index (χ1) is 7.58. The molecule has 0 atom stereocenters. The van der Waals surface area contributed by atoms with Gasteiger partial charge in [0.2, 0.25) is 0 Å². The molecule has 0 saturated carbocycles. The zero-order valence-corrected chi connectivity index (χ0v) is 7.81. The van der Waals surface area contributed by atoms with Crippen molar-refractivity contribution in [2.24, 2.45) is 0 Å². The highest BCUT2D eigenvalue weighted by molar-refractivity contribution is 6.14. The van der Waals surface area contributed by atoms with Crippen LogP contribution < -0.4 is 0 Å². The van der Waals surface area contributed by atoms with Gasteiger partial charge in [0.15, 0.2) is 0 Å². The van der Waals surface area contributed by atoms with Crippen LogP contribution in [0.5, 0.6) is 0 Å². The molecule has 1 aromatic rings. The number of ether oxygens (including phenoxy) is 1. The summed E-state index contributed by atoms with van der Waals surface area (Å²) < 4.78 is 4.37. The molecule has 78 valence electrons. The van der Waals surface area contributed by atoms with Crippen LogP contribution >= 0.6 is 0 Å². The Balaban J connectivity index is 2.46. The van der Waals surface area contributed by atoms with Crippen molar-refractivity contribution in [1.29, 1.82) is 0 Å². The predicted molar refractivity (Wildman–Crippen MR) is 50.7 cm³/mol. The van der Waals surface area contributed by atoms with Gasteiger partial charge >= 0.3 is 17.9 Å². The number of benzene rings is 1. The normalized spacial score (nSPS) is 12.5. The van der Waals surface area contributed by atoms with Crippen molar-refractivity contribution in [1.82, 2.24) is 0 Å². The van der Waals surface area contributed by atoms with E-state index in [4.69, 9.17) is 5.11 Å². The van der Waals surface area contributed by atoms with E-state index in [1.807, 2.05) is 5.92 Å². The smallest absolute Gasteiger partial charge is 0.382 e. The van der Waals surface area contributed by atoms with Crippen LogP contribution in [-0.2, 0) is 9.53 Å². The zero-order valence-electron chi connectivity index (χ0n) is 7.81. The van der Waals surface area contributed by atoms with Gasteiger partial charge in [-0.15, -0.1) is 0 Å². The molecule has 1 N–H and O–H groups in total. The van der Waals surface area contributed by atoms with E-state index < -0.39 is 17.9 Å². The molecule has 5 heteroatoms. The SMILES string of the molecule is O=C(O)C#Cc1ccc2c(c1)C(=O)OC2=O. The molecule has 0 saturated heterocycles. The van der Waals surface area contributed by atoms with Gasteiger partial charge in [-0.3, -0.25) is 0 Å². The van der Waals surface area contributed by atoms with E-state index in [9.17, 15) is 14.4 Å². The lowest BCUT2D eigenvalue weighted by Gasteiger charge is -1.92. The first kappa shape index (κ1) is 9.93. The van der Waals surface area contributed by atoms with Crippen LogP contribution in [0.1, 0.15) is 26.3 Å². The van der Waals surface area contributed by atoms with Gasteiger partial charge in [-0.05, 0) is 18.2 Å². The van der Waals surface area contributed by atoms with E-state index in [0.29, 0.717) is 5.56 Å². The highest BCUT2D eigenvalue weighted by atomic mass is 16.6. The molecule has 0 radical (unpaired) electrons. The van der Waals surface area contributed by atoms with E-state index in [0.717, 1.165) is 0 Å². The third-order valence-corrected chi connectivity index (χ3v) is 1.96. The number of aliphatic carboxylic acids is 1. The standard InChI is InChI=1S/C11H4O5/c12-9(13)4-2-6-1-3-7-8(5-6)11(15)16-10(7)14/h1,3,5H,(H,12,13). The number of cyclic esters (lactones) is 2. The number of hydrogen-bond acceptors (Lipinski definition) is 4. The highest BCUT2D eigenvalue weighted by Crippen LogP contribution is 2.20. The number of carbonyl (C=O) groups excluding carboxylic acids is 2. The summed E-state index contributed by atoms with van der Waals surface area (Å²) in [6.45, 7) is 0. The minimum atomic E-state index is -1.26. The lowest BCUT2D eigenvalue weighted by molar-refractivity contribution is -0.130. The molecule has 0 bridgehead atoms. The maximum Gasteiger partial charge on any atom is 0.382 e. The number of esters is 2. The van der Waals surface area contributed by atoms with Gasteiger partial charge < -0.3 is 9.84 Å². The fourth-order valence-corrected chi connectivity index (χ4v) is 1.29. The fourth-order valence-electron chi connectivity index (χ4n) is 1.29. The van der Waals surface area contributed by atoms with Crippen molar-refractivity contribution in [2.45, 2.75) is 0 Å². The maximum absolute atomic E-state index is 11.2. The van der Waals surface area contributed by atoms with Crippen LogP contribution in [0.2, 0.25) is 0 Å². The summed E-state index contributed by atoms with van der Waals surface area (Å²) in [4.78, 5) is 32.4. The Kier molecular flexibility index (Phi) is 2.18. The van der Waals surface area contributed by atoms with Crippen LogP contribution in [0.15, 0.2) is 18.2 Å². The molecule has 0 amide bonds. The summed E-state index contributed by atoms with van der Waals surface area (Å²) in [6.07, 6.45) is 0. The lowest BCUT2D eigenvalue weighted by Crippen LogP contribution is -1.96. The van der Waals surface area contributed by atoms with E-state index in [-0.39, 0.29) is 11.1 Å². The molecule has 0 aromatic heterocycles. The van der Waals surface area contributed by atoms with Crippen LogP contribution in [0, 0.1) is 11.8 Å². The van der Waals surface area contributed by atoms with Gasteiger partial charge in [-0.1, -0.05) is 5.92 Å². The quantitative estimate of drug-likeness (QED) is 0.386. The Morgan fingerprint density at radius 3 is 2.56 bits per heavy atom. The summed E-state index contributed by atoms with van der Waals surface area (Å²) in [7, 11) is 0. The Hall–Kier alpha value is -2.61. The molecule has 2 rings (SSSR count). The molecule has 0 aliphatic carbocycles. The number of carboxylic acid groups (broad SMARTS) is 1. The highest BCUT2D eigenvalue weighted by Gasteiger charge is 2.29. The molecule has 1 aromatic carbocycles. The molecular formula is C11H4O5. The molecule has 16 heavy (non-hydrogen) atoms. The number of hydrogen-bond donors (Lipinski definition) is 1. The minimum absolute atomic E-state index is 0.113. The first-order valence-electron chi connectivity index (χ1n) is 4.23. The molecule has 1 heterocycles. The lowest BCUT2D eigenvalue weighted by atomic mass is 10.1. The molecular weight excluding hydrogens is 212 g/mol. The van der Waals surface area contributed by atoms with Gasteiger partial charge in [-0.25, -0.2) is 14.4 Å². The first-order valence-corrected chi connectivity index (χ1v) is 4.23. The number of carboxylic acids is 1. The topological polar surface area (TPSA) is 80.7 Å². The maximum atomic E-state index is 11.2. The van der Waals surface area contributed by atoms with Gasteiger partial charge in [0.25, 0.3) is 0 Å². The van der Waals surface area contributed by atoms with Crippen molar-refractivity contribution in [3.05, 3.63) is 34.9 Å². The summed E-state index contributed by atoms with van der Waals surface area (Å²) in [5, 5.41) is 8.34. The Labute approximate surface area is 89.6 Å². The van der Waals surface area contributed by atoms with Crippen molar-refractivity contribution in [2.75, 3.05) is 0 Å². The zero-order chi connectivity index (χ0) is 11.7. The molecule has 0 spiro atoms. The largest absolute Gasteiger partial charge is 0.472 e. The van der Waals surface area contributed by atoms with Crippen molar-refractivity contribution >= 4 is 17.9 Å². The van der Waals surface area contributed by atoms with E-state index in [2.05, 4.69) is 10.7 Å². The van der Waals surface area contributed by atoms with Crippen molar-refractivity contribution in [3.63, 3.8) is 0 Å². The number of rotatable bonds is 0. The van der Waals surface area contributed by atoms with Gasteiger partial charge in [0, 0.05) is 11.5 Å². The number of carbonyl (C=O) groups is 3. The number of fused-ring (bicyclic) bond motifs is 1. The summed E-state index contributed by atoms with van der Waals surface area (Å²) >= 11 is 0. The van der Waals surface area contributed by atoms with Crippen LogP contribution in [0.4, 0.5) is 0 Å². The Bertz CT molecular complexity index is 574. The predicted octanol–water partition coefficient (Wildman–Crippen LogP) is 0.433. The van der Waals surface area contributed by atoms with Crippen molar-refractivity contribution < 1.29 is 24.2 Å². The molecule has 5 nitrogen and oxygen atoms in total. The van der Waals surface area contributed by atoms with E-state index in [1.54, 1.807) is 0 Å². The van der Waals surface area contributed by atoms with Crippen LogP contribution in [-0.4, -0.2) is 23.0 Å².